The minimum Gasteiger partial charge on any atom is -0.491 e. The fourth-order valence-corrected chi connectivity index (χ4v) is 3.62. The zero-order valence-electron chi connectivity index (χ0n) is 19.3. The highest BCUT2D eigenvalue weighted by Gasteiger charge is 2.22. The molecule has 0 amide bonds. The first-order valence-electron chi connectivity index (χ1n) is 10.7. The Labute approximate surface area is 206 Å². The average Bonchev–Trinajstić information content (AvgIpc) is 3.48. The van der Waals surface area contributed by atoms with E-state index in [1.165, 1.54) is 13.2 Å². The lowest BCUT2D eigenvalue weighted by Crippen LogP contribution is -2.01. The fourth-order valence-electron chi connectivity index (χ4n) is 3.32. The summed E-state index contributed by atoms with van der Waals surface area (Å²) in [7, 11) is 1.51. The molecule has 0 saturated heterocycles. The maximum absolute atomic E-state index is 12.2. The molecule has 0 aliphatic heterocycles. The molecule has 4 rings (SSSR count). The molecule has 0 saturated carbocycles. The van der Waals surface area contributed by atoms with Crippen molar-refractivity contribution >= 4 is 23.6 Å². The van der Waals surface area contributed by atoms with Gasteiger partial charge in [-0.25, -0.2) is 4.79 Å². The first-order chi connectivity index (χ1) is 17.0. The number of hydrogen-bond acceptors (Lipinski definition) is 9. The molecular formula is C25H22ClN3O6. The largest absolute Gasteiger partial charge is 0.491 e. The summed E-state index contributed by atoms with van der Waals surface area (Å²) in [6.45, 7) is 3.85. The molecule has 0 spiro atoms. The van der Waals surface area contributed by atoms with Gasteiger partial charge in [0.15, 0.2) is 18.1 Å². The number of carbonyl (C=O) groups excluding carboxylic acids is 1. The summed E-state index contributed by atoms with van der Waals surface area (Å²) in [4.78, 5) is 12.2. The van der Waals surface area contributed by atoms with Crippen LogP contribution in [0.25, 0.3) is 28.8 Å². The Hall–Kier alpha value is -4.11. The Balaban J connectivity index is 1.43. The van der Waals surface area contributed by atoms with Gasteiger partial charge in [-0.15, -0.1) is 10.2 Å². The number of halogens is 1. The minimum absolute atomic E-state index is 0.132. The van der Waals surface area contributed by atoms with Crippen molar-refractivity contribution in [1.29, 1.82) is 0 Å². The first-order valence-corrected chi connectivity index (χ1v) is 11.1. The van der Waals surface area contributed by atoms with E-state index in [1.807, 2.05) is 37.3 Å². The summed E-state index contributed by atoms with van der Waals surface area (Å²) in [5.41, 5.74) is 2.67. The smallest absolute Gasteiger partial charge is 0.331 e. The number of benzene rings is 2. The molecule has 0 atom stereocenters. The first kappa shape index (κ1) is 24.0. The van der Waals surface area contributed by atoms with Crippen LogP contribution in [-0.2, 0) is 16.1 Å². The van der Waals surface area contributed by atoms with Crippen LogP contribution in [0.5, 0.6) is 11.5 Å². The molecule has 0 aliphatic carbocycles. The summed E-state index contributed by atoms with van der Waals surface area (Å²) >= 11 is 6.24. The summed E-state index contributed by atoms with van der Waals surface area (Å²) < 4.78 is 27.1. The van der Waals surface area contributed by atoms with E-state index in [0.29, 0.717) is 45.7 Å². The second-order valence-electron chi connectivity index (χ2n) is 7.24. The molecule has 35 heavy (non-hydrogen) atoms. The molecule has 0 unspecified atom stereocenters. The van der Waals surface area contributed by atoms with Crippen LogP contribution in [0.3, 0.4) is 0 Å². The number of rotatable bonds is 9. The van der Waals surface area contributed by atoms with Crippen LogP contribution in [0.15, 0.2) is 57.5 Å². The zero-order chi connectivity index (χ0) is 24.8. The summed E-state index contributed by atoms with van der Waals surface area (Å²) in [5.74, 6) is 1.20. The molecule has 10 heteroatoms. The number of esters is 1. The monoisotopic (exact) mass is 495 g/mol. The third kappa shape index (κ3) is 5.52. The van der Waals surface area contributed by atoms with Crippen molar-refractivity contribution in [3.63, 3.8) is 0 Å². The molecule has 2 heterocycles. The molecule has 9 nitrogen and oxygen atoms in total. The van der Waals surface area contributed by atoms with E-state index in [1.54, 1.807) is 25.1 Å². The van der Waals surface area contributed by atoms with Gasteiger partial charge in [0, 0.05) is 11.6 Å². The molecule has 4 aromatic rings. The van der Waals surface area contributed by atoms with Crippen molar-refractivity contribution in [3.8, 4) is 34.2 Å². The second kappa shape index (κ2) is 10.9. The lowest BCUT2D eigenvalue weighted by atomic mass is 10.1. The lowest BCUT2D eigenvalue weighted by molar-refractivity contribution is -0.139. The average molecular weight is 496 g/mol. The minimum atomic E-state index is -0.596. The van der Waals surface area contributed by atoms with Crippen LogP contribution in [0.1, 0.15) is 24.1 Å². The topological polar surface area (TPSA) is 110 Å². The van der Waals surface area contributed by atoms with Crippen molar-refractivity contribution in [2.45, 2.75) is 20.5 Å². The van der Waals surface area contributed by atoms with Crippen LogP contribution in [-0.4, -0.2) is 35.0 Å². The quantitative estimate of drug-likeness (QED) is 0.219. The molecule has 0 aliphatic rings. The SMILES string of the molecule is CCOc1cc(/C=C/C(=O)OCc2nnc(-c3c(-c4ccccc4)noc3C)o2)cc(Cl)c1OC. The van der Waals surface area contributed by atoms with Crippen molar-refractivity contribution in [2.24, 2.45) is 0 Å². The maximum Gasteiger partial charge on any atom is 0.331 e. The van der Waals surface area contributed by atoms with Crippen LogP contribution in [0.4, 0.5) is 0 Å². The van der Waals surface area contributed by atoms with Gasteiger partial charge in [-0.1, -0.05) is 47.1 Å². The van der Waals surface area contributed by atoms with E-state index in [0.717, 1.165) is 5.56 Å². The van der Waals surface area contributed by atoms with Gasteiger partial charge < -0.3 is 23.2 Å². The van der Waals surface area contributed by atoms with Gasteiger partial charge in [0.05, 0.1) is 18.7 Å². The van der Waals surface area contributed by atoms with E-state index in [2.05, 4.69) is 15.4 Å². The molecule has 180 valence electrons. The summed E-state index contributed by atoms with van der Waals surface area (Å²) in [5, 5.41) is 12.5. The summed E-state index contributed by atoms with van der Waals surface area (Å²) in [6, 6.07) is 12.9. The molecule has 0 fully saturated rings. The molecule has 2 aromatic heterocycles. The third-order valence-corrected chi connectivity index (χ3v) is 5.16. The number of methoxy groups -OCH3 is 1. The Morgan fingerprint density at radius 2 is 1.97 bits per heavy atom. The third-order valence-electron chi connectivity index (χ3n) is 4.88. The van der Waals surface area contributed by atoms with Gasteiger partial charge >= 0.3 is 5.97 Å². The van der Waals surface area contributed by atoms with Crippen molar-refractivity contribution < 1.29 is 27.9 Å². The maximum atomic E-state index is 12.2. The highest BCUT2D eigenvalue weighted by molar-refractivity contribution is 6.32. The van der Waals surface area contributed by atoms with Crippen LogP contribution in [0, 0.1) is 6.92 Å². The van der Waals surface area contributed by atoms with Gasteiger partial charge in [-0.3, -0.25) is 0 Å². The number of aryl methyl sites for hydroxylation is 1. The number of ether oxygens (including phenoxy) is 3. The van der Waals surface area contributed by atoms with Crippen LogP contribution < -0.4 is 9.47 Å². The predicted octanol–water partition coefficient (Wildman–Crippen LogP) is 5.52. The van der Waals surface area contributed by atoms with Crippen molar-refractivity contribution in [2.75, 3.05) is 13.7 Å². The predicted molar refractivity (Wildman–Crippen MR) is 128 cm³/mol. The number of hydrogen-bond donors (Lipinski definition) is 0. The van der Waals surface area contributed by atoms with E-state index in [4.69, 9.17) is 34.8 Å². The summed E-state index contributed by atoms with van der Waals surface area (Å²) in [6.07, 6.45) is 2.82. The van der Waals surface area contributed by atoms with Gasteiger partial charge in [0.1, 0.15) is 17.0 Å². The van der Waals surface area contributed by atoms with Crippen molar-refractivity contribution in [3.05, 3.63) is 70.8 Å². The number of nitrogens with zero attached hydrogens (tertiary/aromatic N) is 3. The number of aromatic nitrogens is 3. The van der Waals surface area contributed by atoms with Crippen LogP contribution in [0.2, 0.25) is 5.02 Å². The van der Waals surface area contributed by atoms with Gasteiger partial charge in [0.2, 0.25) is 0 Å². The molecular weight excluding hydrogens is 474 g/mol. The van der Waals surface area contributed by atoms with E-state index in [-0.39, 0.29) is 18.4 Å². The van der Waals surface area contributed by atoms with E-state index in [9.17, 15) is 4.79 Å². The van der Waals surface area contributed by atoms with E-state index < -0.39 is 5.97 Å². The Morgan fingerprint density at radius 1 is 1.17 bits per heavy atom. The Bertz CT molecular complexity index is 1350. The van der Waals surface area contributed by atoms with Crippen LogP contribution >= 0.6 is 11.6 Å². The second-order valence-corrected chi connectivity index (χ2v) is 7.64. The molecule has 0 bridgehead atoms. The van der Waals surface area contributed by atoms with Gasteiger partial charge in [0.25, 0.3) is 11.8 Å². The molecule has 0 radical (unpaired) electrons. The van der Waals surface area contributed by atoms with Crippen molar-refractivity contribution in [1.82, 2.24) is 15.4 Å². The van der Waals surface area contributed by atoms with Gasteiger partial charge in [-0.2, -0.15) is 0 Å². The zero-order valence-corrected chi connectivity index (χ0v) is 20.0. The Kier molecular flexibility index (Phi) is 7.47. The number of carbonyl (C=O) groups is 1. The highest BCUT2D eigenvalue weighted by Crippen LogP contribution is 2.37. The highest BCUT2D eigenvalue weighted by atomic mass is 35.5. The standard InChI is InChI=1S/C25H22ClN3O6/c1-4-32-19-13-16(12-18(26)24(19)31-3)10-11-21(30)33-14-20-27-28-25(34-20)22-15(2)35-29-23(22)17-8-6-5-7-9-17/h5-13H,4,14H2,1-3H3/b11-10+. The van der Waals surface area contributed by atoms with E-state index >= 15 is 0 Å². The Morgan fingerprint density at radius 3 is 2.71 bits per heavy atom. The molecule has 2 aromatic carbocycles. The molecule has 0 N–H and O–H groups in total. The normalized spacial score (nSPS) is 11.1. The van der Waals surface area contributed by atoms with Gasteiger partial charge in [-0.05, 0) is 37.6 Å². The fraction of sp³-hybridized carbons (Fsp3) is 0.200. The lowest BCUT2D eigenvalue weighted by Gasteiger charge is -2.11.